The number of hydrogen-bond acceptors (Lipinski definition) is 7. The number of anilines is 1. The highest BCUT2D eigenvalue weighted by atomic mass is 79.9. The molecule has 0 spiro atoms. The van der Waals surface area contributed by atoms with Gasteiger partial charge in [0.15, 0.2) is 5.11 Å². The van der Waals surface area contributed by atoms with Crippen molar-refractivity contribution in [2.75, 3.05) is 17.7 Å². The zero-order valence-corrected chi connectivity index (χ0v) is 20.0. The van der Waals surface area contributed by atoms with Gasteiger partial charge < -0.3 is 4.42 Å². The van der Waals surface area contributed by atoms with Crippen LogP contribution >= 0.6 is 28.1 Å². The predicted molar refractivity (Wildman–Crippen MR) is 125 cm³/mol. The van der Waals surface area contributed by atoms with Gasteiger partial charge in [0.1, 0.15) is 17.1 Å². The Labute approximate surface area is 198 Å². The SMILES string of the molecule is CS(=O)(=O)N(CCC#N)Cc1ccc(/C=C2/C(=O)NC(=S)N(c3ccc(Br)cc3)C2=O)o1. The Morgan fingerprint density at radius 3 is 2.56 bits per heavy atom. The van der Waals surface area contributed by atoms with E-state index in [1.807, 2.05) is 6.07 Å². The summed E-state index contributed by atoms with van der Waals surface area (Å²) in [5, 5.41) is 11.2. The number of hydrogen-bond donors (Lipinski definition) is 1. The molecule has 0 saturated carbocycles. The molecule has 1 fully saturated rings. The molecule has 166 valence electrons. The normalized spacial score (nSPS) is 15.9. The van der Waals surface area contributed by atoms with E-state index in [0.717, 1.165) is 15.0 Å². The van der Waals surface area contributed by atoms with Gasteiger partial charge >= 0.3 is 0 Å². The maximum absolute atomic E-state index is 13.0. The van der Waals surface area contributed by atoms with Crippen molar-refractivity contribution < 1.29 is 22.4 Å². The largest absolute Gasteiger partial charge is 0.460 e. The first-order chi connectivity index (χ1) is 15.1. The summed E-state index contributed by atoms with van der Waals surface area (Å²) >= 11 is 8.48. The van der Waals surface area contributed by atoms with Crippen molar-refractivity contribution in [1.29, 1.82) is 5.26 Å². The summed E-state index contributed by atoms with van der Waals surface area (Å²) in [6.45, 7) is -0.0636. The number of sulfonamides is 1. The van der Waals surface area contributed by atoms with Gasteiger partial charge in [0, 0.05) is 17.4 Å². The number of benzene rings is 1. The fourth-order valence-corrected chi connectivity index (χ4v) is 4.22. The Balaban J connectivity index is 1.86. The molecule has 2 amide bonds. The van der Waals surface area contributed by atoms with Crippen molar-refractivity contribution in [1.82, 2.24) is 9.62 Å². The molecular formula is C20H17BrN4O5S2. The van der Waals surface area contributed by atoms with E-state index in [2.05, 4.69) is 21.2 Å². The molecule has 3 rings (SSSR count). The average molecular weight is 537 g/mol. The number of rotatable bonds is 7. The lowest BCUT2D eigenvalue weighted by atomic mass is 10.1. The summed E-state index contributed by atoms with van der Waals surface area (Å²) in [5.74, 6) is -0.802. The first-order valence-electron chi connectivity index (χ1n) is 9.18. The summed E-state index contributed by atoms with van der Waals surface area (Å²) in [4.78, 5) is 26.6. The van der Waals surface area contributed by atoms with Gasteiger partial charge in [-0.3, -0.25) is 19.8 Å². The molecule has 0 radical (unpaired) electrons. The number of carbonyl (C=O) groups excluding carboxylic acids is 2. The number of halogens is 1. The van der Waals surface area contributed by atoms with Crippen LogP contribution in [0.1, 0.15) is 17.9 Å². The number of amides is 2. The molecule has 1 aliphatic rings. The standard InChI is InChI=1S/C20H17BrN4O5S2/c1-32(28,29)24(10-2-9-22)12-16-8-7-15(30-16)11-17-18(26)23-20(31)25(19(17)27)14-5-3-13(21)4-6-14/h3-8,11H,2,10,12H2,1H3,(H,23,26,31)/b17-11-. The molecule has 1 aromatic heterocycles. The maximum atomic E-state index is 13.0. The number of thiocarbonyl (C=S) groups is 1. The van der Waals surface area contributed by atoms with E-state index in [9.17, 15) is 18.0 Å². The van der Waals surface area contributed by atoms with Gasteiger partial charge in [-0.2, -0.15) is 9.57 Å². The van der Waals surface area contributed by atoms with Crippen molar-refractivity contribution >= 4 is 66.9 Å². The molecule has 9 nitrogen and oxygen atoms in total. The highest BCUT2D eigenvalue weighted by Gasteiger charge is 2.34. The van der Waals surface area contributed by atoms with E-state index in [-0.39, 0.29) is 36.0 Å². The number of nitrogens with one attached hydrogen (secondary N) is 1. The molecule has 1 aliphatic heterocycles. The van der Waals surface area contributed by atoms with E-state index in [4.69, 9.17) is 21.9 Å². The van der Waals surface area contributed by atoms with Crippen LogP contribution in [0.2, 0.25) is 0 Å². The zero-order chi connectivity index (χ0) is 23.5. The minimum Gasteiger partial charge on any atom is -0.460 e. The Kier molecular flexibility index (Phi) is 7.25. The Hall–Kier alpha value is -2.85. The lowest BCUT2D eigenvalue weighted by Gasteiger charge is -2.28. The quantitative estimate of drug-likeness (QED) is 0.327. The molecule has 2 aromatic rings. The second kappa shape index (κ2) is 9.74. The average Bonchev–Trinajstić information content (AvgIpc) is 3.16. The zero-order valence-electron chi connectivity index (χ0n) is 16.7. The first kappa shape index (κ1) is 23.8. The van der Waals surface area contributed by atoms with E-state index < -0.39 is 21.8 Å². The molecule has 12 heteroatoms. The summed E-state index contributed by atoms with van der Waals surface area (Å²) in [7, 11) is -3.55. The molecule has 0 bridgehead atoms. The van der Waals surface area contributed by atoms with Gasteiger partial charge in [0.25, 0.3) is 11.8 Å². The van der Waals surface area contributed by atoms with Crippen LogP contribution in [0.25, 0.3) is 6.08 Å². The smallest absolute Gasteiger partial charge is 0.270 e. The van der Waals surface area contributed by atoms with Gasteiger partial charge in [-0.05, 0) is 54.7 Å². The molecular weight excluding hydrogens is 520 g/mol. The minimum absolute atomic E-state index is 0.0208. The molecule has 1 aromatic carbocycles. The lowest BCUT2D eigenvalue weighted by molar-refractivity contribution is -0.122. The molecule has 0 atom stereocenters. The summed E-state index contributed by atoms with van der Waals surface area (Å²) in [6, 6.07) is 11.8. The van der Waals surface area contributed by atoms with Crippen LogP contribution in [-0.4, -0.2) is 42.5 Å². The maximum Gasteiger partial charge on any atom is 0.270 e. The van der Waals surface area contributed by atoms with E-state index in [1.165, 1.54) is 17.0 Å². The van der Waals surface area contributed by atoms with Crippen molar-refractivity contribution in [3.63, 3.8) is 0 Å². The molecule has 2 heterocycles. The Bertz CT molecular complexity index is 1250. The molecule has 1 saturated heterocycles. The van der Waals surface area contributed by atoms with Gasteiger partial charge in [-0.25, -0.2) is 8.42 Å². The summed E-state index contributed by atoms with van der Waals surface area (Å²) < 4.78 is 31.4. The molecule has 32 heavy (non-hydrogen) atoms. The van der Waals surface area contributed by atoms with Crippen LogP contribution < -0.4 is 10.2 Å². The Morgan fingerprint density at radius 2 is 1.94 bits per heavy atom. The third kappa shape index (κ3) is 5.49. The summed E-state index contributed by atoms with van der Waals surface area (Å²) in [5.41, 5.74) is 0.294. The van der Waals surface area contributed by atoms with Crippen LogP contribution in [-0.2, 0) is 26.2 Å². The third-order valence-corrected chi connectivity index (χ3v) is 6.49. The van der Waals surface area contributed by atoms with Crippen molar-refractivity contribution in [2.24, 2.45) is 0 Å². The van der Waals surface area contributed by atoms with E-state index >= 15 is 0 Å². The number of carbonyl (C=O) groups is 2. The second-order valence-corrected chi connectivity index (χ2v) is 10.0. The fraction of sp³-hybridized carbons (Fsp3) is 0.200. The van der Waals surface area contributed by atoms with Gasteiger partial charge in [0.05, 0.1) is 24.6 Å². The number of nitrogens with zero attached hydrogens (tertiary/aromatic N) is 3. The molecule has 0 unspecified atom stereocenters. The highest BCUT2D eigenvalue weighted by molar-refractivity contribution is 9.10. The van der Waals surface area contributed by atoms with Gasteiger partial charge in [-0.1, -0.05) is 15.9 Å². The van der Waals surface area contributed by atoms with E-state index in [1.54, 1.807) is 30.3 Å². The van der Waals surface area contributed by atoms with Crippen LogP contribution in [0.5, 0.6) is 0 Å². The topological polar surface area (TPSA) is 124 Å². The lowest BCUT2D eigenvalue weighted by Crippen LogP contribution is -2.54. The molecule has 1 N–H and O–H groups in total. The van der Waals surface area contributed by atoms with Gasteiger partial charge in [0.2, 0.25) is 10.0 Å². The van der Waals surface area contributed by atoms with Crippen molar-refractivity contribution in [3.05, 3.63) is 58.0 Å². The predicted octanol–water partition coefficient (Wildman–Crippen LogP) is 2.55. The number of nitriles is 1. The fourth-order valence-electron chi connectivity index (χ4n) is 2.89. The Morgan fingerprint density at radius 1 is 1.25 bits per heavy atom. The number of furan rings is 1. The summed E-state index contributed by atoms with van der Waals surface area (Å²) in [6.07, 6.45) is 2.35. The monoisotopic (exact) mass is 536 g/mol. The second-order valence-electron chi connectivity index (χ2n) is 6.74. The molecule has 0 aliphatic carbocycles. The van der Waals surface area contributed by atoms with E-state index in [0.29, 0.717) is 11.4 Å². The van der Waals surface area contributed by atoms with Crippen LogP contribution in [0.4, 0.5) is 5.69 Å². The van der Waals surface area contributed by atoms with Crippen molar-refractivity contribution in [2.45, 2.75) is 13.0 Å². The van der Waals surface area contributed by atoms with Crippen LogP contribution in [0, 0.1) is 11.3 Å². The van der Waals surface area contributed by atoms with Gasteiger partial charge in [-0.15, -0.1) is 0 Å². The van der Waals surface area contributed by atoms with Crippen molar-refractivity contribution in [3.8, 4) is 6.07 Å². The minimum atomic E-state index is -3.55. The first-order valence-corrected chi connectivity index (χ1v) is 12.2. The third-order valence-electron chi connectivity index (χ3n) is 4.43. The highest BCUT2D eigenvalue weighted by Crippen LogP contribution is 2.24. The van der Waals surface area contributed by atoms with Crippen LogP contribution in [0.15, 0.2) is 50.9 Å². The van der Waals surface area contributed by atoms with Crippen LogP contribution in [0.3, 0.4) is 0 Å².